The van der Waals surface area contributed by atoms with E-state index in [0.29, 0.717) is 29.6 Å². The summed E-state index contributed by atoms with van der Waals surface area (Å²) in [5.74, 6) is 1.11. The molecule has 0 spiro atoms. The number of aromatic amines is 1. The Bertz CT molecular complexity index is 936. The quantitative estimate of drug-likeness (QED) is 0.438. The molecule has 0 aliphatic carbocycles. The lowest BCUT2D eigenvalue weighted by Crippen LogP contribution is -2.28. The van der Waals surface area contributed by atoms with Gasteiger partial charge < -0.3 is 26.0 Å². The smallest absolute Gasteiger partial charge is 0.319 e. The van der Waals surface area contributed by atoms with E-state index in [1.165, 1.54) is 6.33 Å². The van der Waals surface area contributed by atoms with Crippen molar-refractivity contribution >= 4 is 39.5 Å². The highest BCUT2D eigenvalue weighted by Crippen LogP contribution is 2.33. The van der Waals surface area contributed by atoms with E-state index < -0.39 is 0 Å². The van der Waals surface area contributed by atoms with Gasteiger partial charge in [0, 0.05) is 11.9 Å². The third-order valence-electron chi connectivity index (χ3n) is 4.33. The van der Waals surface area contributed by atoms with E-state index in [2.05, 4.69) is 44.7 Å². The first kappa shape index (κ1) is 18.9. The molecule has 27 heavy (non-hydrogen) atoms. The monoisotopic (exact) mass is 370 g/mol. The lowest BCUT2D eigenvalue weighted by atomic mass is 10.0. The molecule has 0 aliphatic heterocycles. The number of fused-ring (bicyclic) bond motifs is 3. The Kier molecular flexibility index (Phi) is 5.75. The minimum Gasteiger partial charge on any atom is -0.394 e. The first-order valence-corrected chi connectivity index (χ1v) is 9.21. The van der Waals surface area contributed by atoms with Gasteiger partial charge in [0.15, 0.2) is 0 Å². The molecule has 2 aromatic heterocycles. The molecule has 1 aromatic carbocycles. The summed E-state index contributed by atoms with van der Waals surface area (Å²) in [7, 11) is 0. The summed E-state index contributed by atoms with van der Waals surface area (Å²) in [6.07, 6.45) is 2.31. The highest BCUT2D eigenvalue weighted by atomic mass is 16.3. The molecule has 3 rings (SSSR count). The number of urea groups is 1. The molecular formula is C19H26N6O2. The van der Waals surface area contributed by atoms with Gasteiger partial charge in [0.1, 0.15) is 17.8 Å². The largest absolute Gasteiger partial charge is 0.394 e. The molecule has 0 radical (unpaired) electrons. The standard InChI is InChI=1S/C19H26N6O2/c1-4-20-19(27)24-14-7-5-6-13-15-17(23-12(9-26)8-11(2)3)21-10-22-18(15)25-16(13)14/h5-7,10-12,26H,4,8-9H2,1-3H3,(H2,20,24,27)(H2,21,22,23,25)/t12-/m1/s1. The molecule has 0 saturated heterocycles. The van der Waals surface area contributed by atoms with Crippen LogP contribution in [0.5, 0.6) is 0 Å². The third-order valence-corrected chi connectivity index (χ3v) is 4.33. The number of nitrogens with one attached hydrogen (secondary N) is 4. The molecule has 8 nitrogen and oxygen atoms in total. The number of anilines is 2. The number of para-hydroxylation sites is 1. The van der Waals surface area contributed by atoms with Crippen molar-refractivity contribution in [2.75, 3.05) is 23.8 Å². The summed E-state index contributed by atoms with van der Waals surface area (Å²) in [6, 6.07) is 5.33. The van der Waals surface area contributed by atoms with E-state index in [0.717, 1.165) is 22.7 Å². The maximum absolute atomic E-state index is 11.9. The van der Waals surface area contributed by atoms with Crippen molar-refractivity contribution in [3.8, 4) is 0 Å². The van der Waals surface area contributed by atoms with Gasteiger partial charge in [-0.2, -0.15) is 0 Å². The summed E-state index contributed by atoms with van der Waals surface area (Å²) in [4.78, 5) is 23.9. The second-order valence-corrected chi connectivity index (χ2v) is 6.94. The number of aliphatic hydroxyl groups is 1. The number of hydrogen-bond acceptors (Lipinski definition) is 5. The fourth-order valence-electron chi connectivity index (χ4n) is 3.23. The van der Waals surface area contributed by atoms with Crippen LogP contribution in [0.25, 0.3) is 21.9 Å². The first-order valence-electron chi connectivity index (χ1n) is 9.21. The normalized spacial score (nSPS) is 12.5. The van der Waals surface area contributed by atoms with Crippen molar-refractivity contribution in [1.82, 2.24) is 20.3 Å². The topological polar surface area (TPSA) is 115 Å². The number of carbonyl (C=O) groups excluding carboxylic acids is 1. The Morgan fingerprint density at radius 3 is 2.81 bits per heavy atom. The number of aliphatic hydroxyl groups excluding tert-OH is 1. The first-order chi connectivity index (χ1) is 13.0. The van der Waals surface area contributed by atoms with Gasteiger partial charge in [-0.1, -0.05) is 26.0 Å². The minimum absolute atomic E-state index is 0.0238. The fraction of sp³-hybridized carbons (Fsp3) is 0.421. The predicted octanol–water partition coefficient (Wildman–Crippen LogP) is 3.07. The van der Waals surface area contributed by atoms with Gasteiger partial charge in [-0.25, -0.2) is 14.8 Å². The highest BCUT2D eigenvalue weighted by molar-refractivity contribution is 6.15. The van der Waals surface area contributed by atoms with E-state index in [1.54, 1.807) is 0 Å². The zero-order chi connectivity index (χ0) is 19.4. The number of H-pyrrole nitrogens is 1. The van der Waals surface area contributed by atoms with Crippen LogP contribution in [-0.4, -0.2) is 45.3 Å². The lowest BCUT2D eigenvalue weighted by Gasteiger charge is -2.19. The van der Waals surface area contributed by atoms with Gasteiger partial charge in [-0.15, -0.1) is 0 Å². The van der Waals surface area contributed by atoms with Crippen LogP contribution in [0.15, 0.2) is 24.5 Å². The van der Waals surface area contributed by atoms with Crippen LogP contribution in [0.4, 0.5) is 16.3 Å². The van der Waals surface area contributed by atoms with Crippen molar-refractivity contribution in [3.05, 3.63) is 24.5 Å². The second kappa shape index (κ2) is 8.22. The van der Waals surface area contributed by atoms with E-state index >= 15 is 0 Å². The van der Waals surface area contributed by atoms with E-state index in [1.807, 2.05) is 25.1 Å². The second-order valence-electron chi connectivity index (χ2n) is 6.94. The Morgan fingerprint density at radius 1 is 1.30 bits per heavy atom. The Hall–Kier alpha value is -2.87. The number of benzene rings is 1. The zero-order valence-corrected chi connectivity index (χ0v) is 15.8. The highest BCUT2D eigenvalue weighted by Gasteiger charge is 2.17. The van der Waals surface area contributed by atoms with Crippen LogP contribution in [0, 0.1) is 5.92 Å². The molecular weight excluding hydrogens is 344 g/mol. The number of hydrogen-bond donors (Lipinski definition) is 5. The maximum atomic E-state index is 11.9. The summed E-state index contributed by atoms with van der Waals surface area (Å²) in [5.41, 5.74) is 2.13. The van der Waals surface area contributed by atoms with E-state index in [4.69, 9.17) is 0 Å². The van der Waals surface area contributed by atoms with Crippen LogP contribution >= 0.6 is 0 Å². The van der Waals surface area contributed by atoms with Crippen molar-refractivity contribution in [1.29, 1.82) is 0 Å². The summed E-state index contributed by atoms with van der Waals surface area (Å²) >= 11 is 0. The van der Waals surface area contributed by atoms with Gasteiger partial charge in [-0.3, -0.25) is 0 Å². The Morgan fingerprint density at radius 2 is 2.11 bits per heavy atom. The van der Waals surface area contributed by atoms with Crippen molar-refractivity contribution in [2.45, 2.75) is 33.2 Å². The molecule has 3 aromatic rings. The van der Waals surface area contributed by atoms with Gasteiger partial charge >= 0.3 is 6.03 Å². The van der Waals surface area contributed by atoms with Crippen LogP contribution in [0.1, 0.15) is 27.2 Å². The van der Waals surface area contributed by atoms with Crippen LogP contribution in [0.2, 0.25) is 0 Å². The van der Waals surface area contributed by atoms with Crippen molar-refractivity contribution < 1.29 is 9.90 Å². The Balaban J connectivity index is 2.03. The number of carbonyl (C=O) groups is 1. The predicted molar refractivity (Wildman–Crippen MR) is 108 cm³/mol. The summed E-state index contributed by atoms with van der Waals surface area (Å²) in [5, 5.41) is 20.4. The molecule has 1 atom stereocenters. The molecule has 0 aliphatic rings. The van der Waals surface area contributed by atoms with E-state index in [9.17, 15) is 9.90 Å². The molecule has 0 bridgehead atoms. The number of amides is 2. The fourth-order valence-corrected chi connectivity index (χ4v) is 3.23. The number of rotatable bonds is 7. The van der Waals surface area contributed by atoms with Crippen LogP contribution < -0.4 is 16.0 Å². The third kappa shape index (κ3) is 4.11. The molecule has 2 amide bonds. The van der Waals surface area contributed by atoms with Gasteiger partial charge in [-0.05, 0) is 25.3 Å². The minimum atomic E-state index is -0.259. The van der Waals surface area contributed by atoms with E-state index in [-0.39, 0.29) is 18.7 Å². The molecule has 5 N–H and O–H groups in total. The summed E-state index contributed by atoms with van der Waals surface area (Å²) in [6.45, 7) is 6.67. The van der Waals surface area contributed by atoms with Gasteiger partial charge in [0.2, 0.25) is 0 Å². The molecule has 8 heteroatoms. The van der Waals surface area contributed by atoms with Gasteiger partial charge in [0.05, 0.1) is 29.2 Å². The molecule has 2 heterocycles. The summed E-state index contributed by atoms with van der Waals surface area (Å²) < 4.78 is 0. The SMILES string of the molecule is CCNC(=O)Nc1cccc2c1[nH]c1ncnc(N[C@@H](CO)CC(C)C)c12. The average molecular weight is 370 g/mol. The van der Waals surface area contributed by atoms with Crippen molar-refractivity contribution in [2.24, 2.45) is 5.92 Å². The number of aromatic nitrogens is 3. The molecule has 0 saturated carbocycles. The molecule has 0 fully saturated rings. The Labute approximate surface area is 157 Å². The average Bonchev–Trinajstić information content (AvgIpc) is 3.01. The van der Waals surface area contributed by atoms with Crippen molar-refractivity contribution in [3.63, 3.8) is 0 Å². The molecule has 144 valence electrons. The number of nitrogens with zero attached hydrogens (tertiary/aromatic N) is 2. The lowest BCUT2D eigenvalue weighted by molar-refractivity contribution is 0.252. The molecule has 0 unspecified atom stereocenters. The van der Waals surface area contributed by atoms with Crippen LogP contribution in [0.3, 0.4) is 0 Å². The van der Waals surface area contributed by atoms with Crippen LogP contribution in [-0.2, 0) is 0 Å². The zero-order valence-electron chi connectivity index (χ0n) is 15.8. The maximum Gasteiger partial charge on any atom is 0.319 e. The van der Waals surface area contributed by atoms with Gasteiger partial charge in [0.25, 0.3) is 0 Å².